The van der Waals surface area contributed by atoms with Crippen LogP contribution in [0.2, 0.25) is 0 Å². The van der Waals surface area contributed by atoms with Gasteiger partial charge in [0.1, 0.15) is 12.4 Å². The maximum absolute atomic E-state index is 12.8. The van der Waals surface area contributed by atoms with Gasteiger partial charge in [-0.05, 0) is 65.6 Å². The van der Waals surface area contributed by atoms with Crippen molar-refractivity contribution in [3.8, 4) is 16.9 Å². The number of aromatic nitrogens is 1. The number of alkyl halides is 3. The van der Waals surface area contributed by atoms with Crippen LogP contribution in [-0.2, 0) is 31.0 Å². The molecule has 0 saturated carbocycles. The first-order valence-electron chi connectivity index (χ1n) is 10.4. The van der Waals surface area contributed by atoms with Crippen molar-refractivity contribution in [3.63, 3.8) is 0 Å². The van der Waals surface area contributed by atoms with E-state index in [-0.39, 0.29) is 13.0 Å². The normalized spacial score (nSPS) is 11.6. The van der Waals surface area contributed by atoms with E-state index in [2.05, 4.69) is 0 Å². The lowest BCUT2D eigenvalue weighted by molar-refractivity contribution is -0.138. The standard InChI is InChI=1S/C26H22F3NO3/c1-30-13-12-20-15-19(6-9-23(20)30)22-14-17(5-11-25(31)32)4-10-24(22)33-16-18-2-7-21(8-3-18)26(27,28)29/h2-4,6-10,12-15H,5,11,16H2,1H3,(H,31,32). The molecule has 0 saturated heterocycles. The van der Waals surface area contributed by atoms with Crippen LogP contribution in [-0.4, -0.2) is 15.6 Å². The fraction of sp³-hybridized carbons (Fsp3) is 0.192. The summed E-state index contributed by atoms with van der Waals surface area (Å²) in [5.74, 6) is -0.297. The van der Waals surface area contributed by atoms with Crippen molar-refractivity contribution in [2.75, 3.05) is 0 Å². The molecule has 7 heteroatoms. The van der Waals surface area contributed by atoms with Crippen LogP contribution in [0.25, 0.3) is 22.0 Å². The number of aliphatic carboxylic acids is 1. The lowest BCUT2D eigenvalue weighted by Gasteiger charge is -2.15. The molecule has 0 radical (unpaired) electrons. The Morgan fingerprint density at radius 2 is 1.70 bits per heavy atom. The smallest absolute Gasteiger partial charge is 0.416 e. The van der Waals surface area contributed by atoms with E-state index < -0.39 is 17.7 Å². The van der Waals surface area contributed by atoms with Crippen LogP contribution in [0.1, 0.15) is 23.1 Å². The number of nitrogens with zero attached hydrogens (tertiary/aromatic N) is 1. The number of carboxylic acid groups (broad SMARTS) is 1. The molecule has 1 heterocycles. The van der Waals surface area contributed by atoms with E-state index in [4.69, 9.17) is 9.84 Å². The second-order valence-electron chi connectivity index (χ2n) is 7.91. The number of ether oxygens (including phenoxy) is 1. The van der Waals surface area contributed by atoms with Gasteiger partial charge in [-0.2, -0.15) is 13.2 Å². The minimum Gasteiger partial charge on any atom is -0.488 e. The molecule has 3 aromatic carbocycles. The Bertz CT molecular complexity index is 1290. The highest BCUT2D eigenvalue weighted by molar-refractivity contribution is 5.87. The predicted molar refractivity (Wildman–Crippen MR) is 120 cm³/mol. The molecule has 0 aliphatic heterocycles. The number of benzene rings is 3. The zero-order chi connectivity index (χ0) is 23.6. The molecule has 0 atom stereocenters. The molecule has 4 rings (SSSR count). The molecular weight excluding hydrogens is 431 g/mol. The third kappa shape index (κ3) is 5.19. The highest BCUT2D eigenvalue weighted by atomic mass is 19.4. The summed E-state index contributed by atoms with van der Waals surface area (Å²) in [7, 11) is 1.97. The van der Waals surface area contributed by atoms with Gasteiger partial charge in [-0.3, -0.25) is 4.79 Å². The Labute approximate surface area is 188 Å². The number of fused-ring (bicyclic) bond motifs is 1. The van der Waals surface area contributed by atoms with E-state index >= 15 is 0 Å². The Kier molecular flexibility index (Phi) is 6.14. The van der Waals surface area contributed by atoms with Crippen molar-refractivity contribution in [1.82, 2.24) is 4.57 Å². The van der Waals surface area contributed by atoms with Crippen LogP contribution in [0.3, 0.4) is 0 Å². The van der Waals surface area contributed by atoms with Crippen LogP contribution >= 0.6 is 0 Å². The summed E-state index contributed by atoms with van der Waals surface area (Å²) in [4.78, 5) is 11.0. The van der Waals surface area contributed by atoms with Crippen molar-refractivity contribution in [1.29, 1.82) is 0 Å². The average molecular weight is 453 g/mol. The van der Waals surface area contributed by atoms with Crippen LogP contribution in [0.4, 0.5) is 13.2 Å². The molecule has 0 bridgehead atoms. The molecule has 0 aliphatic rings. The van der Waals surface area contributed by atoms with Gasteiger partial charge in [0.05, 0.1) is 5.56 Å². The van der Waals surface area contributed by atoms with Gasteiger partial charge < -0.3 is 14.4 Å². The molecule has 1 N–H and O–H groups in total. The molecular formula is C26H22F3NO3. The zero-order valence-electron chi connectivity index (χ0n) is 17.9. The minimum atomic E-state index is -4.38. The summed E-state index contributed by atoms with van der Waals surface area (Å²) in [5, 5.41) is 10.1. The van der Waals surface area contributed by atoms with Gasteiger partial charge in [0.25, 0.3) is 0 Å². The highest BCUT2D eigenvalue weighted by Crippen LogP contribution is 2.34. The Morgan fingerprint density at radius 3 is 2.39 bits per heavy atom. The number of aryl methyl sites for hydroxylation is 2. The fourth-order valence-electron chi connectivity index (χ4n) is 3.74. The number of carbonyl (C=O) groups is 1. The second-order valence-corrected chi connectivity index (χ2v) is 7.91. The van der Waals surface area contributed by atoms with Gasteiger partial charge in [0.15, 0.2) is 0 Å². The summed E-state index contributed by atoms with van der Waals surface area (Å²) in [6.07, 6.45) is -2.01. The summed E-state index contributed by atoms with van der Waals surface area (Å²) in [5.41, 5.74) is 3.56. The fourth-order valence-corrected chi connectivity index (χ4v) is 3.74. The SMILES string of the molecule is Cn1ccc2cc(-c3cc(CCC(=O)O)ccc3OCc3ccc(C(F)(F)F)cc3)ccc21. The Hall–Kier alpha value is -3.74. The highest BCUT2D eigenvalue weighted by Gasteiger charge is 2.29. The first-order chi connectivity index (χ1) is 15.7. The first-order valence-corrected chi connectivity index (χ1v) is 10.4. The topological polar surface area (TPSA) is 51.5 Å². The summed E-state index contributed by atoms with van der Waals surface area (Å²) in [6.45, 7) is 0.104. The molecule has 4 aromatic rings. The molecule has 0 aliphatic carbocycles. The quantitative estimate of drug-likeness (QED) is 0.349. The molecule has 170 valence electrons. The third-order valence-corrected chi connectivity index (χ3v) is 5.54. The van der Waals surface area contributed by atoms with Gasteiger partial charge in [0, 0.05) is 36.1 Å². The molecule has 33 heavy (non-hydrogen) atoms. The Morgan fingerprint density at radius 1 is 0.970 bits per heavy atom. The van der Waals surface area contributed by atoms with E-state index in [1.54, 1.807) is 6.07 Å². The van der Waals surface area contributed by atoms with Crippen molar-refractivity contribution >= 4 is 16.9 Å². The van der Waals surface area contributed by atoms with Gasteiger partial charge in [-0.15, -0.1) is 0 Å². The average Bonchev–Trinajstić information content (AvgIpc) is 3.16. The number of hydrogen-bond donors (Lipinski definition) is 1. The predicted octanol–water partition coefficient (Wildman–Crippen LogP) is 6.46. The molecule has 0 fully saturated rings. The minimum absolute atomic E-state index is 0.0168. The van der Waals surface area contributed by atoms with E-state index in [0.717, 1.165) is 39.7 Å². The van der Waals surface area contributed by atoms with Crippen molar-refractivity contribution in [2.45, 2.75) is 25.6 Å². The first kappa shape index (κ1) is 22.5. The van der Waals surface area contributed by atoms with Crippen molar-refractivity contribution in [3.05, 3.63) is 89.6 Å². The maximum Gasteiger partial charge on any atom is 0.416 e. The largest absolute Gasteiger partial charge is 0.488 e. The molecule has 0 spiro atoms. The van der Waals surface area contributed by atoms with Crippen molar-refractivity contribution in [2.24, 2.45) is 7.05 Å². The number of carboxylic acids is 1. The lowest BCUT2D eigenvalue weighted by Crippen LogP contribution is -2.05. The molecule has 1 aromatic heterocycles. The number of rotatable bonds is 7. The lowest BCUT2D eigenvalue weighted by atomic mass is 9.98. The summed E-state index contributed by atoms with van der Waals surface area (Å²) >= 11 is 0. The Balaban J connectivity index is 1.63. The second kappa shape index (κ2) is 9.02. The van der Waals surface area contributed by atoms with Crippen LogP contribution in [0, 0.1) is 0 Å². The van der Waals surface area contributed by atoms with Gasteiger partial charge >= 0.3 is 12.1 Å². The van der Waals surface area contributed by atoms with Crippen LogP contribution in [0.5, 0.6) is 5.75 Å². The van der Waals surface area contributed by atoms with Gasteiger partial charge in [0.2, 0.25) is 0 Å². The molecule has 0 amide bonds. The van der Waals surface area contributed by atoms with Crippen LogP contribution < -0.4 is 4.74 Å². The molecule has 4 nitrogen and oxygen atoms in total. The van der Waals surface area contributed by atoms with Gasteiger partial charge in [-0.1, -0.05) is 24.3 Å². The van der Waals surface area contributed by atoms with Gasteiger partial charge in [-0.25, -0.2) is 0 Å². The van der Waals surface area contributed by atoms with E-state index in [1.165, 1.54) is 12.1 Å². The molecule has 0 unspecified atom stereocenters. The van der Waals surface area contributed by atoms with Crippen molar-refractivity contribution < 1.29 is 27.8 Å². The monoisotopic (exact) mass is 453 g/mol. The summed E-state index contributed by atoms with van der Waals surface area (Å²) in [6, 6.07) is 18.4. The number of halogens is 3. The van der Waals surface area contributed by atoms with Crippen LogP contribution in [0.15, 0.2) is 72.9 Å². The zero-order valence-corrected chi connectivity index (χ0v) is 17.9. The number of hydrogen-bond acceptors (Lipinski definition) is 2. The maximum atomic E-state index is 12.8. The van der Waals surface area contributed by atoms with E-state index in [0.29, 0.717) is 17.7 Å². The van der Waals surface area contributed by atoms with E-state index in [1.807, 2.05) is 54.2 Å². The third-order valence-electron chi connectivity index (χ3n) is 5.54. The summed E-state index contributed by atoms with van der Waals surface area (Å²) < 4.78 is 46.4. The van der Waals surface area contributed by atoms with E-state index in [9.17, 15) is 18.0 Å².